The molecule has 3 N–H and O–H groups in total. The lowest BCUT2D eigenvalue weighted by molar-refractivity contribution is -0.123. The minimum atomic E-state index is -1.10. The van der Waals surface area contributed by atoms with Crippen LogP contribution in [0.4, 0.5) is 11.4 Å². The number of hydrogen-bond acceptors (Lipinski definition) is 5. The number of hydrogen-bond donors (Lipinski definition) is 2. The van der Waals surface area contributed by atoms with Gasteiger partial charge in [-0.2, -0.15) is 5.26 Å². The monoisotopic (exact) mass is 377 g/mol. The predicted molar refractivity (Wildman–Crippen MR) is 95.5 cm³/mol. The zero-order valence-corrected chi connectivity index (χ0v) is 14.6. The van der Waals surface area contributed by atoms with Crippen LogP contribution in [0.5, 0.6) is 0 Å². The topological polar surface area (TPSA) is 105 Å². The number of halogens is 2. The quantitative estimate of drug-likeness (QED) is 0.624. The maximum Gasteiger partial charge on any atom is 0.341 e. The van der Waals surface area contributed by atoms with Crippen LogP contribution in [0.2, 0.25) is 10.0 Å². The molecule has 2 aromatic carbocycles. The van der Waals surface area contributed by atoms with Crippen LogP contribution >= 0.6 is 23.2 Å². The Bertz CT molecular complexity index is 878. The molecular weight excluding hydrogens is 365 g/mol. The van der Waals surface area contributed by atoms with Crippen molar-refractivity contribution in [1.82, 2.24) is 0 Å². The smallest absolute Gasteiger partial charge is 0.341 e. The average molecular weight is 378 g/mol. The fraction of sp³-hybridized carbons (Fsp3) is 0.118. The first kappa shape index (κ1) is 18.6. The third-order valence-corrected chi connectivity index (χ3v) is 3.76. The van der Waals surface area contributed by atoms with Crippen LogP contribution in [0.1, 0.15) is 22.8 Å². The van der Waals surface area contributed by atoms with E-state index in [1.54, 1.807) is 18.2 Å². The van der Waals surface area contributed by atoms with Crippen molar-refractivity contribution in [2.24, 2.45) is 0 Å². The van der Waals surface area contributed by atoms with Gasteiger partial charge in [0.2, 0.25) is 0 Å². The number of nitrogens with one attached hydrogen (secondary N) is 1. The van der Waals surface area contributed by atoms with Crippen molar-refractivity contribution in [1.29, 1.82) is 5.26 Å². The Hall–Kier alpha value is -2.75. The van der Waals surface area contributed by atoms with Crippen LogP contribution in [-0.4, -0.2) is 18.0 Å². The number of benzene rings is 2. The zero-order chi connectivity index (χ0) is 18.6. The summed E-state index contributed by atoms with van der Waals surface area (Å²) in [5, 5.41) is 11.8. The number of nitriles is 1. The molecule has 0 saturated heterocycles. The molecule has 0 aliphatic heterocycles. The molecule has 0 aliphatic rings. The van der Waals surface area contributed by atoms with E-state index < -0.39 is 18.0 Å². The van der Waals surface area contributed by atoms with Gasteiger partial charge >= 0.3 is 5.97 Å². The first-order valence-corrected chi connectivity index (χ1v) is 7.84. The molecule has 0 aromatic heterocycles. The number of nitrogen functional groups attached to an aromatic ring is 1. The van der Waals surface area contributed by atoms with Gasteiger partial charge in [0.15, 0.2) is 6.10 Å². The van der Waals surface area contributed by atoms with Gasteiger partial charge in [0.05, 0.1) is 27.9 Å². The van der Waals surface area contributed by atoms with E-state index in [2.05, 4.69) is 5.32 Å². The number of ether oxygens (including phenoxy) is 1. The van der Waals surface area contributed by atoms with Crippen LogP contribution < -0.4 is 11.1 Å². The van der Waals surface area contributed by atoms with Crippen LogP contribution in [0.15, 0.2) is 36.4 Å². The number of amides is 1. The van der Waals surface area contributed by atoms with Crippen molar-refractivity contribution in [2.45, 2.75) is 13.0 Å². The highest BCUT2D eigenvalue weighted by molar-refractivity contribution is 6.37. The van der Waals surface area contributed by atoms with Crippen molar-refractivity contribution in [3.8, 4) is 6.07 Å². The summed E-state index contributed by atoms with van der Waals surface area (Å²) in [6, 6.07) is 11.0. The highest BCUT2D eigenvalue weighted by Crippen LogP contribution is 2.28. The number of carbonyl (C=O) groups excluding carboxylic acids is 2. The summed E-state index contributed by atoms with van der Waals surface area (Å²) >= 11 is 11.7. The second-order valence-corrected chi connectivity index (χ2v) is 5.92. The number of anilines is 2. The van der Waals surface area contributed by atoms with Crippen LogP contribution in [-0.2, 0) is 9.53 Å². The van der Waals surface area contributed by atoms with Crippen molar-refractivity contribution < 1.29 is 14.3 Å². The molecule has 1 atom stereocenters. The van der Waals surface area contributed by atoms with E-state index in [0.29, 0.717) is 11.3 Å². The summed E-state index contributed by atoms with van der Waals surface area (Å²) in [6.07, 6.45) is -1.10. The third kappa shape index (κ3) is 4.63. The first-order valence-electron chi connectivity index (χ1n) is 7.08. The van der Waals surface area contributed by atoms with Crippen LogP contribution in [0.25, 0.3) is 0 Å². The van der Waals surface area contributed by atoms with Gasteiger partial charge < -0.3 is 15.8 Å². The molecule has 0 radical (unpaired) electrons. The molecule has 0 bridgehead atoms. The van der Waals surface area contributed by atoms with Gasteiger partial charge in [0.25, 0.3) is 5.91 Å². The largest absolute Gasteiger partial charge is 0.449 e. The lowest BCUT2D eigenvalue weighted by atomic mass is 10.2. The number of nitrogens with two attached hydrogens (primary N) is 1. The standard InChI is InChI=1S/C17H13Cl2N3O3/c1-9(16(23)22-12-4-2-3-10(5-12)8-20)25-17(24)13-6-11(18)7-14(19)15(13)21/h2-7,9H,21H2,1H3,(H,22,23)/t9-/m0/s1. The van der Waals surface area contributed by atoms with E-state index in [9.17, 15) is 9.59 Å². The van der Waals surface area contributed by atoms with Gasteiger partial charge in [-0.3, -0.25) is 4.79 Å². The summed E-state index contributed by atoms with van der Waals surface area (Å²) < 4.78 is 5.10. The molecule has 8 heteroatoms. The second kappa shape index (κ2) is 7.88. The highest BCUT2D eigenvalue weighted by Gasteiger charge is 2.22. The molecule has 25 heavy (non-hydrogen) atoms. The van der Waals surface area contributed by atoms with E-state index in [1.807, 2.05) is 6.07 Å². The third-order valence-electron chi connectivity index (χ3n) is 3.23. The number of rotatable bonds is 4. The summed E-state index contributed by atoms with van der Waals surface area (Å²) in [6.45, 7) is 1.41. The Kier molecular flexibility index (Phi) is 5.86. The van der Waals surface area contributed by atoms with Crippen LogP contribution in [0.3, 0.4) is 0 Å². The van der Waals surface area contributed by atoms with E-state index in [0.717, 1.165) is 0 Å². The molecule has 0 saturated carbocycles. The maximum absolute atomic E-state index is 12.2. The fourth-order valence-corrected chi connectivity index (χ4v) is 2.44. The lowest BCUT2D eigenvalue weighted by Crippen LogP contribution is -2.30. The molecule has 2 aromatic rings. The highest BCUT2D eigenvalue weighted by atomic mass is 35.5. The Balaban J connectivity index is 2.08. The Morgan fingerprint density at radius 3 is 2.68 bits per heavy atom. The van der Waals surface area contributed by atoms with Crippen molar-refractivity contribution in [3.05, 3.63) is 57.6 Å². The Labute approximate surface area is 154 Å². The van der Waals surface area contributed by atoms with Gasteiger partial charge in [0, 0.05) is 10.7 Å². The van der Waals surface area contributed by atoms with E-state index in [4.69, 9.17) is 38.9 Å². The first-order chi connectivity index (χ1) is 11.8. The van der Waals surface area contributed by atoms with Crippen molar-refractivity contribution in [3.63, 3.8) is 0 Å². The molecule has 0 aliphatic carbocycles. The van der Waals surface area contributed by atoms with Crippen LogP contribution in [0, 0.1) is 11.3 Å². The molecule has 0 heterocycles. The summed E-state index contributed by atoms with van der Waals surface area (Å²) in [7, 11) is 0. The van der Waals surface area contributed by atoms with Crippen molar-refractivity contribution in [2.75, 3.05) is 11.1 Å². The zero-order valence-electron chi connectivity index (χ0n) is 13.0. The van der Waals surface area contributed by atoms with Crippen molar-refractivity contribution >= 4 is 46.5 Å². The Morgan fingerprint density at radius 1 is 1.28 bits per heavy atom. The molecular formula is C17H13Cl2N3O3. The van der Waals surface area contributed by atoms with Gasteiger partial charge in [-0.15, -0.1) is 0 Å². The summed E-state index contributed by atoms with van der Waals surface area (Å²) in [5.74, 6) is -1.38. The lowest BCUT2D eigenvalue weighted by Gasteiger charge is -2.15. The van der Waals surface area contributed by atoms with E-state index in [1.165, 1.54) is 25.1 Å². The summed E-state index contributed by atoms with van der Waals surface area (Å²) in [5.41, 5.74) is 6.54. The number of nitrogens with zero attached hydrogens (tertiary/aromatic N) is 1. The van der Waals surface area contributed by atoms with Gasteiger partial charge in [-0.25, -0.2) is 4.79 Å². The molecule has 6 nitrogen and oxygen atoms in total. The summed E-state index contributed by atoms with van der Waals surface area (Å²) in [4.78, 5) is 24.3. The molecule has 2 rings (SSSR count). The fourth-order valence-electron chi connectivity index (χ4n) is 1.94. The maximum atomic E-state index is 12.2. The van der Waals surface area contributed by atoms with E-state index >= 15 is 0 Å². The van der Waals surface area contributed by atoms with Gasteiger partial charge in [0.1, 0.15) is 0 Å². The number of carbonyl (C=O) groups is 2. The minimum Gasteiger partial charge on any atom is -0.449 e. The van der Waals surface area contributed by atoms with Gasteiger partial charge in [-0.1, -0.05) is 29.3 Å². The predicted octanol–water partition coefficient (Wildman–Crippen LogP) is 3.63. The normalized spacial score (nSPS) is 11.3. The molecule has 0 unspecified atom stereocenters. The van der Waals surface area contributed by atoms with E-state index in [-0.39, 0.29) is 21.3 Å². The number of esters is 1. The molecule has 0 spiro atoms. The SMILES string of the molecule is C[C@H](OC(=O)c1cc(Cl)cc(Cl)c1N)C(=O)Nc1cccc(C#N)c1. The minimum absolute atomic E-state index is 0.0189. The second-order valence-electron chi connectivity index (χ2n) is 5.08. The molecule has 1 amide bonds. The average Bonchev–Trinajstić information content (AvgIpc) is 2.57. The van der Waals surface area contributed by atoms with Gasteiger partial charge in [-0.05, 0) is 37.3 Å². The Morgan fingerprint density at radius 2 is 2.00 bits per heavy atom. The molecule has 0 fully saturated rings. The molecule has 128 valence electrons.